The third-order valence-corrected chi connectivity index (χ3v) is 3.51. The Bertz CT molecular complexity index is 352. The van der Waals surface area contributed by atoms with E-state index in [1.54, 1.807) is 11.8 Å². The van der Waals surface area contributed by atoms with Crippen LogP contribution in [0.2, 0.25) is 0 Å². The van der Waals surface area contributed by atoms with Crippen LogP contribution in [0.25, 0.3) is 0 Å². The second kappa shape index (κ2) is 5.39. The maximum Gasteiger partial charge on any atom is 0.221 e. The standard InChI is InChI=1S/C13H17NOS/c1-16-8-7-13(15)14-12-9-11(12)10-5-3-2-4-6-10/h2-6,11-12H,7-9H2,1H3,(H,14,15)/t11-,12-/m1/s1. The van der Waals surface area contributed by atoms with Gasteiger partial charge >= 0.3 is 0 Å². The Hall–Kier alpha value is -0.960. The average molecular weight is 235 g/mol. The van der Waals surface area contributed by atoms with Crippen LogP contribution in [0.3, 0.4) is 0 Å². The highest BCUT2D eigenvalue weighted by Gasteiger charge is 2.38. The summed E-state index contributed by atoms with van der Waals surface area (Å²) in [5.41, 5.74) is 1.35. The highest BCUT2D eigenvalue weighted by molar-refractivity contribution is 7.98. The summed E-state index contributed by atoms with van der Waals surface area (Å²) < 4.78 is 0. The Balaban J connectivity index is 1.77. The smallest absolute Gasteiger partial charge is 0.221 e. The maximum absolute atomic E-state index is 11.5. The van der Waals surface area contributed by atoms with Gasteiger partial charge in [-0.3, -0.25) is 4.79 Å². The highest BCUT2D eigenvalue weighted by Crippen LogP contribution is 2.40. The van der Waals surface area contributed by atoms with Gasteiger partial charge in [0.2, 0.25) is 5.91 Å². The third kappa shape index (κ3) is 3.01. The minimum atomic E-state index is 0.192. The molecule has 0 aromatic heterocycles. The lowest BCUT2D eigenvalue weighted by Gasteiger charge is -2.03. The molecule has 1 aromatic carbocycles. The van der Waals surface area contributed by atoms with Crippen LogP contribution in [-0.4, -0.2) is 24.0 Å². The molecular weight excluding hydrogens is 218 g/mol. The summed E-state index contributed by atoms with van der Waals surface area (Å²) in [6.07, 6.45) is 3.76. The molecule has 2 nitrogen and oxygen atoms in total. The number of rotatable bonds is 5. The zero-order chi connectivity index (χ0) is 11.4. The minimum absolute atomic E-state index is 0.192. The van der Waals surface area contributed by atoms with Gasteiger partial charge in [0.05, 0.1) is 0 Å². The summed E-state index contributed by atoms with van der Waals surface area (Å²) >= 11 is 1.71. The summed E-state index contributed by atoms with van der Waals surface area (Å²) in [6.45, 7) is 0. The van der Waals surface area contributed by atoms with Crippen molar-refractivity contribution in [1.29, 1.82) is 0 Å². The van der Waals surface area contributed by atoms with E-state index in [1.165, 1.54) is 5.56 Å². The number of hydrogen-bond donors (Lipinski definition) is 1. The molecule has 1 aliphatic rings. The fourth-order valence-corrected chi connectivity index (χ4v) is 2.29. The molecule has 0 aliphatic heterocycles. The molecule has 16 heavy (non-hydrogen) atoms. The van der Waals surface area contributed by atoms with Gasteiger partial charge in [0, 0.05) is 24.1 Å². The predicted molar refractivity (Wildman–Crippen MR) is 68.7 cm³/mol. The molecule has 2 rings (SSSR count). The van der Waals surface area contributed by atoms with Gasteiger partial charge < -0.3 is 5.32 Å². The van der Waals surface area contributed by atoms with Crippen LogP contribution in [0.1, 0.15) is 24.3 Å². The normalized spacial score (nSPS) is 22.8. The Labute approximate surface area is 101 Å². The van der Waals surface area contributed by atoms with Gasteiger partial charge in [-0.15, -0.1) is 0 Å². The largest absolute Gasteiger partial charge is 0.353 e. The number of nitrogens with one attached hydrogen (secondary N) is 1. The van der Waals surface area contributed by atoms with Crippen molar-refractivity contribution >= 4 is 17.7 Å². The van der Waals surface area contributed by atoms with E-state index in [2.05, 4.69) is 29.6 Å². The SMILES string of the molecule is CSCCC(=O)N[C@@H]1C[C@@H]1c1ccccc1. The third-order valence-electron chi connectivity index (χ3n) is 2.90. The van der Waals surface area contributed by atoms with Crippen molar-refractivity contribution in [2.45, 2.75) is 24.8 Å². The lowest BCUT2D eigenvalue weighted by atomic mass is 10.1. The summed E-state index contributed by atoms with van der Waals surface area (Å²) in [7, 11) is 0. The monoisotopic (exact) mass is 235 g/mol. The molecule has 1 aliphatic carbocycles. The van der Waals surface area contributed by atoms with Crippen LogP contribution in [0.5, 0.6) is 0 Å². The molecule has 0 radical (unpaired) electrons. The Morgan fingerprint density at radius 2 is 2.19 bits per heavy atom. The van der Waals surface area contributed by atoms with Crippen molar-refractivity contribution in [2.24, 2.45) is 0 Å². The van der Waals surface area contributed by atoms with Gasteiger partial charge in [-0.05, 0) is 18.2 Å². The molecule has 1 saturated carbocycles. The topological polar surface area (TPSA) is 29.1 Å². The summed E-state index contributed by atoms with van der Waals surface area (Å²) in [5, 5.41) is 3.08. The molecule has 0 spiro atoms. The first-order valence-corrected chi connectivity index (χ1v) is 7.04. The second-order valence-electron chi connectivity index (χ2n) is 4.17. The maximum atomic E-state index is 11.5. The number of carbonyl (C=O) groups excluding carboxylic acids is 1. The van der Waals surface area contributed by atoms with Crippen molar-refractivity contribution in [3.63, 3.8) is 0 Å². The second-order valence-corrected chi connectivity index (χ2v) is 5.16. The van der Waals surface area contributed by atoms with Crippen LogP contribution in [0.15, 0.2) is 30.3 Å². The molecule has 1 N–H and O–H groups in total. The first-order chi connectivity index (χ1) is 7.81. The average Bonchev–Trinajstić information content (AvgIpc) is 3.07. The first-order valence-electron chi connectivity index (χ1n) is 5.64. The lowest BCUT2D eigenvalue weighted by Crippen LogP contribution is -2.26. The fraction of sp³-hybridized carbons (Fsp3) is 0.462. The van der Waals surface area contributed by atoms with E-state index < -0.39 is 0 Å². The zero-order valence-corrected chi connectivity index (χ0v) is 10.3. The van der Waals surface area contributed by atoms with Gasteiger partial charge in [0.1, 0.15) is 0 Å². The number of hydrogen-bond acceptors (Lipinski definition) is 2. The van der Waals surface area contributed by atoms with Crippen LogP contribution < -0.4 is 5.32 Å². The summed E-state index contributed by atoms with van der Waals surface area (Å²) in [5.74, 6) is 1.64. The summed E-state index contributed by atoms with van der Waals surface area (Å²) in [4.78, 5) is 11.5. The van der Waals surface area contributed by atoms with E-state index in [-0.39, 0.29) is 5.91 Å². The van der Waals surface area contributed by atoms with Gasteiger partial charge in [-0.25, -0.2) is 0 Å². The van der Waals surface area contributed by atoms with Gasteiger partial charge in [-0.2, -0.15) is 11.8 Å². The number of thioether (sulfide) groups is 1. The van der Waals surface area contributed by atoms with Gasteiger partial charge in [0.15, 0.2) is 0 Å². The molecule has 0 heterocycles. The van der Waals surface area contributed by atoms with Crippen molar-refractivity contribution in [2.75, 3.05) is 12.0 Å². The predicted octanol–water partition coefficient (Wildman–Crippen LogP) is 2.41. The van der Waals surface area contributed by atoms with Gasteiger partial charge in [-0.1, -0.05) is 30.3 Å². The Morgan fingerprint density at radius 3 is 2.88 bits per heavy atom. The molecule has 1 fully saturated rings. The number of carbonyl (C=O) groups is 1. The first kappa shape index (κ1) is 11.5. The van der Waals surface area contributed by atoms with E-state index in [0.717, 1.165) is 12.2 Å². The zero-order valence-electron chi connectivity index (χ0n) is 9.48. The number of benzene rings is 1. The van der Waals surface area contributed by atoms with Gasteiger partial charge in [0.25, 0.3) is 0 Å². The van der Waals surface area contributed by atoms with E-state index in [1.807, 2.05) is 12.3 Å². The number of amides is 1. The van der Waals surface area contributed by atoms with E-state index in [9.17, 15) is 4.79 Å². The van der Waals surface area contributed by atoms with Crippen molar-refractivity contribution in [1.82, 2.24) is 5.32 Å². The minimum Gasteiger partial charge on any atom is -0.353 e. The molecule has 0 bridgehead atoms. The Morgan fingerprint density at radius 1 is 1.44 bits per heavy atom. The highest BCUT2D eigenvalue weighted by atomic mass is 32.2. The van der Waals surface area contributed by atoms with Crippen LogP contribution in [-0.2, 0) is 4.79 Å². The van der Waals surface area contributed by atoms with Crippen LogP contribution in [0, 0.1) is 0 Å². The van der Waals surface area contributed by atoms with Crippen LogP contribution >= 0.6 is 11.8 Å². The molecule has 2 atom stereocenters. The van der Waals surface area contributed by atoms with Crippen molar-refractivity contribution < 1.29 is 4.79 Å². The van der Waals surface area contributed by atoms with Crippen molar-refractivity contribution in [3.8, 4) is 0 Å². The molecule has 0 unspecified atom stereocenters. The quantitative estimate of drug-likeness (QED) is 0.849. The lowest BCUT2D eigenvalue weighted by molar-refractivity contribution is -0.120. The molecular formula is C13H17NOS. The molecule has 0 saturated heterocycles. The molecule has 1 aromatic rings. The Kier molecular flexibility index (Phi) is 3.88. The molecule has 1 amide bonds. The van der Waals surface area contributed by atoms with Crippen molar-refractivity contribution in [3.05, 3.63) is 35.9 Å². The van der Waals surface area contributed by atoms with E-state index in [4.69, 9.17) is 0 Å². The van der Waals surface area contributed by atoms with E-state index >= 15 is 0 Å². The fourth-order valence-electron chi connectivity index (χ4n) is 1.90. The molecule has 86 valence electrons. The van der Waals surface area contributed by atoms with Crippen LogP contribution in [0.4, 0.5) is 0 Å². The molecule has 3 heteroatoms. The summed E-state index contributed by atoms with van der Waals surface area (Å²) in [6, 6.07) is 10.8. The van der Waals surface area contributed by atoms with E-state index in [0.29, 0.717) is 18.4 Å².